The van der Waals surface area contributed by atoms with Crippen molar-refractivity contribution in [1.82, 2.24) is 0 Å². The van der Waals surface area contributed by atoms with Crippen molar-refractivity contribution < 1.29 is 14.3 Å². The molecule has 0 aliphatic heterocycles. The predicted molar refractivity (Wildman–Crippen MR) is 117 cm³/mol. The molecule has 0 aliphatic rings. The van der Waals surface area contributed by atoms with Gasteiger partial charge >= 0.3 is 5.97 Å². The van der Waals surface area contributed by atoms with Gasteiger partial charge in [-0.25, -0.2) is 4.79 Å². The summed E-state index contributed by atoms with van der Waals surface area (Å²) in [6.07, 6.45) is 1.91. The molecule has 1 heterocycles. The zero-order valence-corrected chi connectivity index (χ0v) is 18.5. The van der Waals surface area contributed by atoms with Crippen LogP contribution in [0.2, 0.25) is 0 Å². The predicted octanol–water partition coefficient (Wildman–Crippen LogP) is 6.28. The van der Waals surface area contributed by atoms with Gasteiger partial charge in [-0.1, -0.05) is 46.8 Å². The maximum atomic E-state index is 12.7. The SMILES string of the molecule is CCOC(=O)c1cc([C@H](C)CC(C)(C)C)sc1NC(=O)c1ccc(CC)cc1. The molecule has 0 unspecified atom stereocenters. The number of benzene rings is 1. The van der Waals surface area contributed by atoms with Gasteiger partial charge in [-0.3, -0.25) is 4.79 Å². The molecule has 1 amide bonds. The lowest BCUT2D eigenvalue weighted by Gasteiger charge is -2.22. The Bertz CT molecular complexity index is 815. The smallest absolute Gasteiger partial charge is 0.341 e. The van der Waals surface area contributed by atoms with Crippen LogP contribution in [0.1, 0.15) is 85.0 Å². The van der Waals surface area contributed by atoms with Gasteiger partial charge in [0, 0.05) is 10.4 Å². The monoisotopic (exact) mass is 401 g/mol. The van der Waals surface area contributed by atoms with Crippen LogP contribution >= 0.6 is 11.3 Å². The Morgan fingerprint density at radius 2 is 1.79 bits per heavy atom. The van der Waals surface area contributed by atoms with E-state index < -0.39 is 5.97 Å². The molecule has 28 heavy (non-hydrogen) atoms. The second-order valence-electron chi connectivity index (χ2n) is 8.28. The second kappa shape index (κ2) is 9.37. The summed E-state index contributed by atoms with van der Waals surface area (Å²) in [5, 5.41) is 3.47. The maximum Gasteiger partial charge on any atom is 0.341 e. The topological polar surface area (TPSA) is 55.4 Å². The summed E-state index contributed by atoms with van der Waals surface area (Å²) in [5.74, 6) is -0.331. The molecule has 2 aromatic rings. The van der Waals surface area contributed by atoms with E-state index in [0.29, 0.717) is 22.7 Å². The van der Waals surface area contributed by atoms with Crippen molar-refractivity contribution in [2.24, 2.45) is 5.41 Å². The minimum Gasteiger partial charge on any atom is -0.462 e. The molecule has 0 saturated heterocycles. The van der Waals surface area contributed by atoms with Crippen molar-refractivity contribution in [1.29, 1.82) is 0 Å². The van der Waals surface area contributed by atoms with Gasteiger partial charge in [0.05, 0.1) is 12.2 Å². The van der Waals surface area contributed by atoms with Crippen LogP contribution in [0, 0.1) is 5.41 Å². The van der Waals surface area contributed by atoms with E-state index in [0.717, 1.165) is 17.7 Å². The van der Waals surface area contributed by atoms with Crippen LogP contribution in [0.4, 0.5) is 5.00 Å². The Balaban J connectivity index is 2.29. The van der Waals surface area contributed by atoms with E-state index in [1.165, 1.54) is 16.9 Å². The number of carbonyl (C=O) groups is 2. The number of amides is 1. The van der Waals surface area contributed by atoms with Crippen LogP contribution < -0.4 is 5.32 Å². The summed E-state index contributed by atoms with van der Waals surface area (Å²) in [6.45, 7) is 12.9. The first-order chi connectivity index (χ1) is 13.1. The first-order valence-electron chi connectivity index (χ1n) is 9.85. The Morgan fingerprint density at radius 1 is 1.14 bits per heavy atom. The second-order valence-corrected chi connectivity index (χ2v) is 9.37. The summed E-state index contributed by atoms with van der Waals surface area (Å²) in [5.41, 5.74) is 2.36. The van der Waals surface area contributed by atoms with E-state index in [1.807, 2.05) is 30.3 Å². The highest BCUT2D eigenvalue weighted by Crippen LogP contribution is 2.38. The number of rotatable bonds is 7. The lowest BCUT2D eigenvalue weighted by molar-refractivity contribution is 0.0528. The van der Waals surface area contributed by atoms with Gasteiger partial charge in [0.15, 0.2) is 0 Å². The fourth-order valence-electron chi connectivity index (χ4n) is 3.19. The quantitative estimate of drug-likeness (QED) is 0.556. The summed E-state index contributed by atoms with van der Waals surface area (Å²) in [4.78, 5) is 26.2. The lowest BCUT2D eigenvalue weighted by atomic mass is 9.85. The van der Waals surface area contributed by atoms with Gasteiger partial charge in [-0.2, -0.15) is 0 Å². The summed E-state index contributed by atoms with van der Waals surface area (Å²) < 4.78 is 5.20. The average molecular weight is 402 g/mol. The van der Waals surface area contributed by atoms with Gasteiger partial charge in [0.2, 0.25) is 0 Å². The third-order valence-corrected chi connectivity index (χ3v) is 5.78. The van der Waals surface area contributed by atoms with Gasteiger partial charge in [0.25, 0.3) is 5.91 Å². The first-order valence-corrected chi connectivity index (χ1v) is 10.7. The van der Waals surface area contributed by atoms with Crippen molar-refractivity contribution in [3.63, 3.8) is 0 Å². The van der Waals surface area contributed by atoms with Gasteiger partial charge < -0.3 is 10.1 Å². The highest BCUT2D eigenvalue weighted by molar-refractivity contribution is 7.16. The fraction of sp³-hybridized carbons (Fsp3) is 0.478. The number of esters is 1. The normalized spacial score (nSPS) is 12.5. The Kier molecular flexibility index (Phi) is 7.41. The third-order valence-electron chi connectivity index (χ3n) is 4.50. The number of thiophene rings is 1. The van der Waals surface area contributed by atoms with Crippen LogP contribution in [0.3, 0.4) is 0 Å². The molecule has 2 rings (SSSR count). The van der Waals surface area contributed by atoms with E-state index in [2.05, 4.69) is 39.9 Å². The van der Waals surface area contributed by atoms with Crippen LogP contribution in [0.25, 0.3) is 0 Å². The summed E-state index contributed by atoms with van der Waals surface area (Å²) in [7, 11) is 0. The van der Waals surface area contributed by atoms with E-state index in [9.17, 15) is 9.59 Å². The zero-order valence-electron chi connectivity index (χ0n) is 17.7. The standard InChI is InChI=1S/C23H31NO3S/c1-7-16-9-11-17(12-10-16)20(25)24-21-18(22(26)27-8-2)13-19(28-21)15(3)14-23(4,5)6/h9-13,15H,7-8,14H2,1-6H3,(H,24,25)/t15-/m1/s1. The molecule has 1 aromatic carbocycles. The molecule has 152 valence electrons. The Morgan fingerprint density at radius 3 is 2.32 bits per heavy atom. The van der Waals surface area contributed by atoms with Crippen LogP contribution in [0.5, 0.6) is 0 Å². The average Bonchev–Trinajstić information content (AvgIpc) is 3.04. The fourth-order valence-corrected chi connectivity index (χ4v) is 4.29. The van der Waals surface area contributed by atoms with Gasteiger partial charge in [0.1, 0.15) is 5.00 Å². The molecule has 1 N–H and O–H groups in total. The van der Waals surface area contributed by atoms with Gasteiger partial charge in [-0.05, 0) is 54.9 Å². The van der Waals surface area contributed by atoms with Crippen molar-refractivity contribution in [2.75, 3.05) is 11.9 Å². The molecule has 0 radical (unpaired) electrons. The van der Waals surface area contributed by atoms with Crippen LogP contribution in [0.15, 0.2) is 30.3 Å². The number of hydrogen-bond acceptors (Lipinski definition) is 4. The molecule has 1 aromatic heterocycles. The van der Waals surface area contributed by atoms with Crippen molar-refractivity contribution in [3.05, 3.63) is 51.9 Å². The van der Waals surface area contributed by atoms with Crippen LogP contribution in [-0.2, 0) is 11.2 Å². The third kappa shape index (κ3) is 5.93. The number of anilines is 1. The van der Waals surface area contributed by atoms with Crippen molar-refractivity contribution in [2.45, 2.75) is 60.3 Å². The molecule has 0 bridgehead atoms. The highest BCUT2D eigenvalue weighted by Gasteiger charge is 2.24. The first kappa shape index (κ1) is 22.2. The van der Waals surface area contributed by atoms with Crippen LogP contribution in [-0.4, -0.2) is 18.5 Å². The van der Waals surface area contributed by atoms with E-state index in [1.54, 1.807) is 6.92 Å². The summed E-state index contributed by atoms with van der Waals surface area (Å²) >= 11 is 1.46. The molecule has 0 spiro atoms. The molecule has 0 saturated carbocycles. The molecular weight excluding hydrogens is 370 g/mol. The molecule has 5 heteroatoms. The Labute approximate surface area is 172 Å². The molecule has 1 atom stereocenters. The number of aryl methyl sites for hydroxylation is 1. The van der Waals surface area contributed by atoms with Crippen molar-refractivity contribution in [3.8, 4) is 0 Å². The van der Waals surface area contributed by atoms with Gasteiger partial charge in [-0.15, -0.1) is 11.3 Å². The van der Waals surface area contributed by atoms with E-state index in [-0.39, 0.29) is 17.2 Å². The maximum absolute atomic E-state index is 12.7. The molecule has 0 aliphatic carbocycles. The number of carbonyl (C=O) groups excluding carboxylic acids is 2. The Hall–Kier alpha value is -2.14. The number of hydrogen-bond donors (Lipinski definition) is 1. The van der Waals surface area contributed by atoms with Crippen molar-refractivity contribution >= 4 is 28.2 Å². The largest absolute Gasteiger partial charge is 0.462 e. The molecule has 4 nitrogen and oxygen atoms in total. The minimum absolute atomic E-state index is 0.179. The highest BCUT2D eigenvalue weighted by atomic mass is 32.1. The molecule has 0 fully saturated rings. The minimum atomic E-state index is -0.399. The van der Waals surface area contributed by atoms with E-state index >= 15 is 0 Å². The van der Waals surface area contributed by atoms with E-state index in [4.69, 9.17) is 4.74 Å². The lowest BCUT2D eigenvalue weighted by Crippen LogP contribution is -2.14. The zero-order chi connectivity index (χ0) is 20.9. The summed E-state index contributed by atoms with van der Waals surface area (Å²) in [6, 6.07) is 9.40. The molecular formula is C23H31NO3S. The number of ether oxygens (including phenoxy) is 1. The number of nitrogens with one attached hydrogen (secondary N) is 1.